The Labute approximate surface area is 213 Å². The minimum atomic E-state index is -4.31. The zero-order valence-electron chi connectivity index (χ0n) is 19.0. The van der Waals surface area contributed by atoms with Gasteiger partial charge in [-0.15, -0.1) is 0 Å². The number of para-hydroxylation sites is 1. The van der Waals surface area contributed by atoms with Crippen molar-refractivity contribution >= 4 is 56.5 Å². The van der Waals surface area contributed by atoms with Crippen LogP contribution in [0, 0.1) is 6.92 Å². The minimum absolute atomic E-state index is 0.108. The van der Waals surface area contributed by atoms with Crippen molar-refractivity contribution in [2.75, 3.05) is 30.4 Å². The normalized spacial score (nSPS) is 11.0. The number of sulfonamides is 1. The second-order valence-corrected chi connectivity index (χ2v) is 9.99. The van der Waals surface area contributed by atoms with Gasteiger partial charge in [0.25, 0.3) is 10.0 Å². The maximum Gasteiger partial charge on any atom is 0.339 e. The summed E-state index contributed by atoms with van der Waals surface area (Å²) in [5.41, 5.74) is 1.07. The molecule has 0 aliphatic rings. The van der Waals surface area contributed by atoms with Gasteiger partial charge >= 0.3 is 5.97 Å². The first kappa shape index (κ1) is 26.3. The number of carbonyl (C=O) groups is 2. The summed E-state index contributed by atoms with van der Waals surface area (Å²) in [5, 5.41) is 2.91. The highest BCUT2D eigenvalue weighted by Crippen LogP contribution is 2.34. The smallest absolute Gasteiger partial charge is 0.339 e. The molecule has 0 aliphatic heterocycles. The molecule has 0 bridgehead atoms. The van der Waals surface area contributed by atoms with Crippen LogP contribution < -0.4 is 14.4 Å². The van der Waals surface area contributed by atoms with Crippen LogP contribution in [0.25, 0.3) is 0 Å². The first-order valence-electron chi connectivity index (χ1n) is 10.2. The molecule has 1 amide bonds. The molecular formula is C24H22Cl2N2O6S. The summed E-state index contributed by atoms with van der Waals surface area (Å²) in [4.78, 5) is 25.0. The van der Waals surface area contributed by atoms with E-state index < -0.39 is 28.4 Å². The number of halogens is 2. The lowest BCUT2D eigenvalue weighted by molar-refractivity contribution is -0.114. The van der Waals surface area contributed by atoms with E-state index in [2.05, 4.69) is 5.32 Å². The van der Waals surface area contributed by atoms with Crippen LogP contribution in [-0.4, -0.2) is 41.1 Å². The van der Waals surface area contributed by atoms with Gasteiger partial charge < -0.3 is 14.8 Å². The summed E-state index contributed by atoms with van der Waals surface area (Å²) in [6, 6.07) is 15.1. The van der Waals surface area contributed by atoms with Gasteiger partial charge in [0.05, 0.1) is 41.2 Å². The molecule has 35 heavy (non-hydrogen) atoms. The maximum absolute atomic E-state index is 13.8. The zero-order valence-corrected chi connectivity index (χ0v) is 21.4. The molecule has 0 atom stereocenters. The number of nitrogens with zero attached hydrogens (tertiary/aromatic N) is 1. The van der Waals surface area contributed by atoms with Crippen LogP contribution in [0.5, 0.6) is 5.75 Å². The molecule has 0 heterocycles. The van der Waals surface area contributed by atoms with Gasteiger partial charge in [-0.2, -0.15) is 0 Å². The van der Waals surface area contributed by atoms with Crippen LogP contribution in [0.15, 0.2) is 65.6 Å². The zero-order chi connectivity index (χ0) is 25.8. The Balaban J connectivity index is 2.06. The standard InChI is InChI=1S/C24H22Cl2N2O6S/c1-15-8-11-21(33-2)22(12-15)35(31,32)28(16-9-10-18(25)19(26)13-16)14-23(29)27-20-7-5-4-6-17(20)24(30)34-3/h4-13H,14H2,1-3H3,(H,27,29). The van der Waals surface area contributed by atoms with E-state index in [-0.39, 0.29) is 37.6 Å². The van der Waals surface area contributed by atoms with E-state index in [0.717, 1.165) is 4.31 Å². The van der Waals surface area contributed by atoms with Crippen LogP contribution in [-0.2, 0) is 19.6 Å². The molecule has 3 aromatic carbocycles. The third-order valence-corrected chi connectivity index (χ3v) is 7.51. The van der Waals surface area contributed by atoms with Gasteiger partial charge in [0.15, 0.2) is 0 Å². The Kier molecular flexibility index (Phi) is 8.26. The topological polar surface area (TPSA) is 102 Å². The SMILES string of the molecule is COC(=O)c1ccccc1NC(=O)CN(c1ccc(Cl)c(Cl)c1)S(=O)(=O)c1cc(C)ccc1OC. The fourth-order valence-electron chi connectivity index (χ4n) is 3.26. The Morgan fingerprint density at radius 1 is 0.971 bits per heavy atom. The Hall–Kier alpha value is -3.27. The number of hydrogen-bond donors (Lipinski definition) is 1. The summed E-state index contributed by atoms with van der Waals surface area (Å²) in [6.07, 6.45) is 0. The lowest BCUT2D eigenvalue weighted by Gasteiger charge is -2.25. The molecule has 0 radical (unpaired) electrons. The maximum atomic E-state index is 13.8. The number of anilines is 2. The number of hydrogen-bond acceptors (Lipinski definition) is 6. The van der Waals surface area contributed by atoms with Crippen molar-refractivity contribution in [1.29, 1.82) is 0 Å². The summed E-state index contributed by atoms with van der Waals surface area (Å²) < 4.78 is 38.5. The minimum Gasteiger partial charge on any atom is -0.495 e. The Morgan fingerprint density at radius 3 is 2.34 bits per heavy atom. The van der Waals surface area contributed by atoms with Crippen molar-refractivity contribution in [1.82, 2.24) is 0 Å². The molecule has 184 valence electrons. The number of esters is 1. The third kappa shape index (κ3) is 5.87. The van der Waals surface area contributed by atoms with Crippen molar-refractivity contribution in [3.8, 4) is 5.75 Å². The number of rotatable bonds is 8. The summed E-state index contributed by atoms with van der Waals surface area (Å²) in [6.45, 7) is 1.10. The molecule has 0 aliphatic carbocycles. The van der Waals surface area contributed by atoms with Crippen LogP contribution >= 0.6 is 23.2 Å². The predicted molar refractivity (Wildman–Crippen MR) is 135 cm³/mol. The fraction of sp³-hybridized carbons (Fsp3) is 0.167. The first-order valence-corrected chi connectivity index (χ1v) is 12.4. The molecule has 0 fully saturated rings. The number of benzene rings is 3. The van der Waals surface area contributed by atoms with E-state index in [1.807, 2.05) is 0 Å². The van der Waals surface area contributed by atoms with Gasteiger partial charge in [0.2, 0.25) is 5.91 Å². The number of carbonyl (C=O) groups excluding carboxylic acids is 2. The fourth-order valence-corrected chi connectivity index (χ4v) is 5.21. The van der Waals surface area contributed by atoms with Crippen molar-refractivity contribution < 1.29 is 27.5 Å². The van der Waals surface area contributed by atoms with Crippen molar-refractivity contribution in [3.05, 3.63) is 81.8 Å². The van der Waals surface area contributed by atoms with Crippen LogP contribution in [0.4, 0.5) is 11.4 Å². The number of aryl methyl sites for hydroxylation is 1. The molecule has 11 heteroatoms. The van der Waals surface area contributed by atoms with E-state index in [1.54, 1.807) is 25.1 Å². The number of amides is 1. The third-order valence-electron chi connectivity index (χ3n) is 4.97. The quantitative estimate of drug-likeness (QED) is 0.409. The van der Waals surface area contributed by atoms with Crippen molar-refractivity contribution in [2.45, 2.75) is 11.8 Å². The Bertz CT molecular complexity index is 1380. The van der Waals surface area contributed by atoms with E-state index in [0.29, 0.717) is 5.56 Å². The second-order valence-electron chi connectivity index (χ2n) is 7.35. The molecule has 0 aromatic heterocycles. The first-order chi connectivity index (χ1) is 16.6. The van der Waals surface area contributed by atoms with Crippen LogP contribution in [0.3, 0.4) is 0 Å². The largest absolute Gasteiger partial charge is 0.495 e. The molecule has 0 unspecified atom stereocenters. The average molecular weight is 537 g/mol. The lowest BCUT2D eigenvalue weighted by atomic mass is 10.2. The highest BCUT2D eigenvalue weighted by Gasteiger charge is 2.31. The molecule has 3 rings (SSSR count). The van der Waals surface area contributed by atoms with Gasteiger partial charge in [0.1, 0.15) is 17.2 Å². The van der Waals surface area contributed by atoms with Crippen molar-refractivity contribution in [2.24, 2.45) is 0 Å². The summed E-state index contributed by atoms with van der Waals surface area (Å²) in [7, 11) is -1.75. The number of nitrogens with one attached hydrogen (secondary N) is 1. The van der Waals surface area contributed by atoms with E-state index in [9.17, 15) is 18.0 Å². The summed E-state index contributed by atoms with van der Waals surface area (Å²) in [5.74, 6) is -1.25. The lowest BCUT2D eigenvalue weighted by Crippen LogP contribution is -2.38. The van der Waals surface area contributed by atoms with Gasteiger partial charge in [-0.05, 0) is 55.0 Å². The summed E-state index contributed by atoms with van der Waals surface area (Å²) >= 11 is 12.2. The predicted octanol–water partition coefficient (Wildman–Crippen LogP) is 4.93. The van der Waals surface area contributed by atoms with E-state index in [4.69, 9.17) is 32.7 Å². The van der Waals surface area contributed by atoms with Crippen LogP contribution in [0.1, 0.15) is 15.9 Å². The number of methoxy groups -OCH3 is 2. The monoisotopic (exact) mass is 536 g/mol. The molecule has 8 nitrogen and oxygen atoms in total. The molecule has 0 saturated heterocycles. The molecule has 3 aromatic rings. The molecule has 0 saturated carbocycles. The molecule has 0 spiro atoms. The van der Waals surface area contributed by atoms with Gasteiger partial charge in [-0.1, -0.05) is 41.4 Å². The molecular weight excluding hydrogens is 515 g/mol. The Morgan fingerprint density at radius 2 is 1.69 bits per heavy atom. The molecule has 1 N–H and O–H groups in total. The van der Waals surface area contributed by atoms with Gasteiger partial charge in [-0.25, -0.2) is 13.2 Å². The highest BCUT2D eigenvalue weighted by molar-refractivity contribution is 7.93. The van der Waals surface area contributed by atoms with Crippen molar-refractivity contribution in [3.63, 3.8) is 0 Å². The van der Waals surface area contributed by atoms with E-state index >= 15 is 0 Å². The van der Waals surface area contributed by atoms with Gasteiger partial charge in [-0.3, -0.25) is 9.10 Å². The van der Waals surface area contributed by atoms with E-state index in [1.165, 1.54) is 56.7 Å². The average Bonchev–Trinajstić information content (AvgIpc) is 2.84. The van der Waals surface area contributed by atoms with Crippen LogP contribution in [0.2, 0.25) is 10.0 Å². The van der Waals surface area contributed by atoms with Gasteiger partial charge in [0, 0.05) is 0 Å². The number of ether oxygens (including phenoxy) is 2. The highest BCUT2D eigenvalue weighted by atomic mass is 35.5. The second kappa shape index (κ2) is 11.0.